The lowest BCUT2D eigenvalue weighted by atomic mass is 9.87. The molecule has 188 valence electrons. The first-order chi connectivity index (χ1) is 16.8. The minimum Gasteiger partial charge on any atom is -0.507 e. The van der Waals surface area contributed by atoms with Gasteiger partial charge in [-0.1, -0.05) is 17.7 Å². The van der Waals surface area contributed by atoms with Crippen molar-refractivity contribution >= 4 is 17.9 Å². The number of fused-ring (bicyclic) bond motifs is 4. The molecule has 0 unspecified atom stereocenters. The number of carbonyl (C=O) groups is 1. The van der Waals surface area contributed by atoms with Crippen LogP contribution in [-0.2, 0) is 6.42 Å². The van der Waals surface area contributed by atoms with Crippen LogP contribution in [-0.4, -0.2) is 27.2 Å². The number of phenolic OH excluding ortho intramolecular Hbond substituents is 2. The first-order valence-corrected chi connectivity index (χ1v) is 12.2. The Morgan fingerprint density at radius 2 is 1.72 bits per heavy atom. The van der Waals surface area contributed by atoms with Gasteiger partial charge in [-0.3, -0.25) is 4.79 Å². The van der Waals surface area contributed by atoms with E-state index >= 15 is 0 Å². The van der Waals surface area contributed by atoms with Gasteiger partial charge in [-0.15, -0.1) is 0 Å². The minimum atomic E-state index is -0.728. The Balaban J connectivity index is 1.62. The monoisotopic (exact) mass is 488 g/mol. The van der Waals surface area contributed by atoms with Gasteiger partial charge in [-0.25, -0.2) is 0 Å². The Morgan fingerprint density at radius 1 is 1.03 bits per heavy atom. The van der Waals surface area contributed by atoms with E-state index in [0.29, 0.717) is 34.6 Å². The van der Waals surface area contributed by atoms with Gasteiger partial charge in [0.15, 0.2) is 5.78 Å². The largest absolute Gasteiger partial charge is 0.507 e. The predicted octanol–water partition coefficient (Wildman–Crippen LogP) is 6.68. The zero-order valence-electron chi connectivity index (χ0n) is 21.6. The van der Waals surface area contributed by atoms with Gasteiger partial charge in [0.05, 0.1) is 12.0 Å². The molecule has 0 radical (unpaired) electrons. The molecule has 0 amide bonds. The van der Waals surface area contributed by atoms with E-state index < -0.39 is 17.3 Å². The van der Waals surface area contributed by atoms with E-state index in [1.165, 1.54) is 0 Å². The molecule has 36 heavy (non-hydrogen) atoms. The van der Waals surface area contributed by atoms with Gasteiger partial charge in [0, 0.05) is 22.8 Å². The minimum absolute atomic E-state index is 0.00714. The number of hydrogen-bond donors (Lipinski definition) is 2. The lowest BCUT2D eigenvalue weighted by molar-refractivity contribution is 0.0837. The molecule has 6 nitrogen and oxygen atoms in total. The van der Waals surface area contributed by atoms with Crippen LogP contribution in [0.15, 0.2) is 35.9 Å². The fourth-order valence-corrected chi connectivity index (χ4v) is 4.81. The molecule has 0 fully saturated rings. The highest BCUT2D eigenvalue weighted by atomic mass is 16.5. The molecule has 0 aliphatic carbocycles. The summed E-state index contributed by atoms with van der Waals surface area (Å²) in [6.45, 7) is 11.7. The van der Waals surface area contributed by atoms with Crippen molar-refractivity contribution in [1.29, 1.82) is 0 Å². The van der Waals surface area contributed by atoms with Crippen LogP contribution in [0.5, 0.6) is 28.7 Å². The third-order valence-electron chi connectivity index (χ3n) is 6.70. The molecule has 0 bridgehead atoms. The number of carbonyl (C=O) groups excluding carboxylic acids is 1. The lowest BCUT2D eigenvalue weighted by Crippen LogP contribution is -2.30. The highest BCUT2D eigenvalue weighted by Crippen LogP contribution is 2.52. The summed E-state index contributed by atoms with van der Waals surface area (Å²) in [7, 11) is 0. The second kappa shape index (κ2) is 8.19. The van der Waals surface area contributed by atoms with Crippen LogP contribution in [0.25, 0.3) is 12.2 Å². The van der Waals surface area contributed by atoms with E-state index in [0.717, 1.165) is 11.1 Å². The van der Waals surface area contributed by atoms with E-state index in [4.69, 9.17) is 14.2 Å². The van der Waals surface area contributed by atoms with Crippen LogP contribution in [0.1, 0.15) is 86.7 Å². The number of benzene rings is 2. The number of phenols is 2. The van der Waals surface area contributed by atoms with Gasteiger partial charge in [-0.2, -0.15) is 0 Å². The SMILES string of the molecule is CC(C)=CCc1c(O)c2c(c3c1OC(C)(C)C=C3)O[C@H](c1cc3c(cc1O)OC(C)(C)C=C3)CC2=O. The van der Waals surface area contributed by atoms with E-state index in [1.807, 2.05) is 71.9 Å². The molecule has 0 spiro atoms. The van der Waals surface area contributed by atoms with Crippen molar-refractivity contribution in [3.63, 3.8) is 0 Å². The third-order valence-corrected chi connectivity index (χ3v) is 6.70. The van der Waals surface area contributed by atoms with Crippen LogP contribution >= 0.6 is 0 Å². The maximum Gasteiger partial charge on any atom is 0.174 e. The molecule has 6 heteroatoms. The van der Waals surface area contributed by atoms with Gasteiger partial charge < -0.3 is 24.4 Å². The standard InChI is InChI=1S/C30H32O6/c1-16(2)7-8-18-26(33)25-22(32)15-24(34-28(25)19-10-12-30(5,6)36-27(18)19)20-13-17-9-11-29(3,4)35-23(17)14-21(20)31/h7,9-14,24,31,33H,8,15H2,1-6H3/t24-/m0/s1. The lowest BCUT2D eigenvalue weighted by Gasteiger charge is -2.35. The number of ether oxygens (including phenoxy) is 3. The molecule has 3 aliphatic rings. The van der Waals surface area contributed by atoms with Gasteiger partial charge in [0.2, 0.25) is 0 Å². The molecule has 0 aromatic heterocycles. The van der Waals surface area contributed by atoms with Gasteiger partial charge in [-0.05, 0) is 72.3 Å². The third kappa shape index (κ3) is 4.15. The van der Waals surface area contributed by atoms with Crippen molar-refractivity contribution in [2.24, 2.45) is 0 Å². The Kier molecular flexibility index (Phi) is 5.47. The zero-order chi connectivity index (χ0) is 26.0. The average molecular weight is 489 g/mol. The Hall–Kier alpha value is -3.67. The van der Waals surface area contributed by atoms with E-state index in [2.05, 4.69) is 0 Å². The topological polar surface area (TPSA) is 85.2 Å². The number of allylic oxidation sites excluding steroid dienone is 2. The number of hydrogen-bond acceptors (Lipinski definition) is 6. The van der Waals surface area contributed by atoms with Crippen LogP contribution in [0.4, 0.5) is 0 Å². The molecular weight excluding hydrogens is 456 g/mol. The molecular formula is C30H32O6. The van der Waals surface area contributed by atoms with Crippen molar-refractivity contribution in [2.45, 2.75) is 71.7 Å². The fourth-order valence-electron chi connectivity index (χ4n) is 4.81. The van der Waals surface area contributed by atoms with Crippen molar-refractivity contribution < 1.29 is 29.2 Å². The summed E-state index contributed by atoms with van der Waals surface area (Å²) < 4.78 is 18.6. The highest BCUT2D eigenvalue weighted by Gasteiger charge is 2.39. The van der Waals surface area contributed by atoms with Crippen LogP contribution in [0, 0.1) is 0 Å². The quantitative estimate of drug-likeness (QED) is 0.469. The molecule has 5 rings (SSSR count). The maximum atomic E-state index is 13.4. The van der Waals surface area contributed by atoms with Gasteiger partial charge in [0.25, 0.3) is 0 Å². The van der Waals surface area contributed by atoms with Gasteiger partial charge >= 0.3 is 0 Å². The smallest absolute Gasteiger partial charge is 0.174 e. The first kappa shape index (κ1) is 24.0. The first-order valence-electron chi connectivity index (χ1n) is 12.2. The Labute approximate surface area is 211 Å². The summed E-state index contributed by atoms with van der Waals surface area (Å²) in [4.78, 5) is 13.4. The Bertz CT molecular complexity index is 1370. The summed E-state index contributed by atoms with van der Waals surface area (Å²) >= 11 is 0. The average Bonchev–Trinajstić information content (AvgIpc) is 2.76. The normalized spacial score (nSPS) is 20.3. The van der Waals surface area contributed by atoms with Crippen molar-refractivity contribution in [2.75, 3.05) is 0 Å². The van der Waals surface area contributed by atoms with E-state index in [9.17, 15) is 15.0 Å². The molecule has 2 aromatic carbocycles. The number of ketones is 1. The molecule has 0 saturated carbocycles. The molecule has 2 N–H and O–H groups in total. The summed E-state index contributed by atoms with van der Waals surface area (Å²) in [6.07, 6.45) is 9.38. The highest BCUT2D eigenvalue weighted by molar-refractivity contribution is 6.05. The van der Waals surface area contributed by atoms with Crippen LogP contribution < -0.4 is 14.2 Å². The molecule has 2 aromatic rings. The number of Topliss-reactive ketones (excluding diaryl/α,β-unsaturated/α-hetero) is 1. The predicted molar refractivity (Wildman–Crippen MR) is 139 cm³/mol. The number of rotatable bonds is 3. The number of aromatic hydroxyl groups is 2. The Morgan fingerprint density at radius 3 is 2.44 bits per heavy atom. The fraction of sp³-hybridized carbons (Fsp3) is 0.367. The summed E-state index contributed by atoms with van der Waals surface area (Å²) in [5, 5.41) is 22.1. The molecule has 0 saturated heterocycles. The van der Waals surface area contributed by atoms with Crippen molar-refractivity contribution in [3.8, 4) is 28.7 Å². The van der Waals surface area contributed by atoms with Crippen LogP contribution in [0.3, 0.4) is 0 Å². The molecule has 3 aliphatic heterocycles. The zero-order valence-corrected chi connectivity index (χ0v) is 21.6. The van der Waals surface area contributed by atoms with Gasteiger partial charge in [0.1, 0.15) is 51.6 Å². The molecule has 3 heterocycles. The van der Waals surface area contributed by atoms with Crippen LogP contribution in [0.2, 0.25) is 0 Å². The van der Waals surface area contributed by atoms with Crippen molar-refractivity contribution in [1.82, 2.24) is 0 Å². The summed E-state index contributed by atoms with van der Waals surface area (Å²) in [5.74, 6) is 1.00. The van der Waals surface area contributed by atoms with E-state index in [-0.39, 0.29) is 35.0 Å². The maximum absolute atomic E-state index is 13.4. The summed E-state index contributed by atoms with van der Waals surface area (Å²) in [5.41, 5.74) is 2.69. The molecule has 1 atom stereocenters. The van der Waals surface area contributed by atoms with E-state index in [1.54, 1.807) is 12.1 Å². The second-order valence-corrected chi connectivity index (χ2v) is 11.0. The second-order valence-electron chi connectivity index (χ2n) is 11.0. The summed E-state index contributed by atoms with van der Waals surface area (Å²) in [6, 6.07) is 3.37. The van der Waals surface area contributed by atoms with Crippen molar-refractivity contribution in [3.05, 3.63) is 63.8 Å².